The molecule has 1 heterocycles. The summed E-state index contributed by atoms with van der Waals surface area (Å²) in [6.45, 7) is 0. The number of carboxylic acid groups (broad SMARTS) is 1. The molecule has 0 radical (unpaired) electrons. The van der Waals surface area contributed by atoms with Crippen molar-refractivity contribution >= 4 is 17.3 Å². The molecular weight excluding hydrogens is 262 g/mol. The van der Waals surface area contributed by atoms with Gasteiger partial charge in [-0.05, 0) is 51.4 Å². The molecular formula is C14H19NO3S. The number of carboxylic acids is 1. The van der Waals surface area contributed by atoms with Crippen molar-refractivity contribution in [2.24, 2.45) is 5.92 Å². The molecule has 1 fully saturated rings. The van der Waals surface area contributed by atoms with Crippen LogP contribution >= 0.6 is 11.3 Å². The van der Waals surface area contributed by atoms with Crippen molar-refractivity contribution in [2.75, 3.05) is 0 Å². The van der Waals surface area contributed by atoms with Gasteiger partial charge in [-0.15, -0.1) is 11.3 Å². The summed E-state index contributed by atoms with van der Waals surface area (Å²) in [6.07, 6.45) is 6.67. The average Bonchev–Trinajstić information content (AvgIpc) is 2.83. The predicted molar refractivity (Wildman–Crippen MR) is 72.2 cm³/mol. The molecule has 0 saturated heterocycles. The number of rotatable bonds is 2. The van der Waals surface area contributed by atoms with Gasteiger partial charge in [0.15, 0.2) is 0 Å². The highest BCUT2D eigenvalue weighted by Crippen LogP contribution is 2.42. The Morgan fingerprint density at radius 3 is 2.58 bits per heavy atom. The Labute approximate surface area is 116 Å². The van der Waals surface area contributed by atoms with Crippen molar-refractivity contribution in [3.8, 4) is 0 Å². The zero-order chi connectivity index (χ0) is 13.5. The number of carbonyl (C=O) groups is 1. The third-order valence-corrected chi connectivity index (χ3v) is 5.76. The van der Waals surface area contributed by atoms with Crippen molar-refractivity contribution in [1.82, 2.24) is 4.98 Å². The molecule has 2 N–H and O–H groups in total. The summed E-state index contributed by atoms with van der Waals surface area (Å²) in [4.78, 5) is 16.9. The second-order valence-corrected chi connectivity index (χ2v) is 6.82. The summed E-state index contributed by atoms with van der Waals surface area (Å²) in [7, 11) is 0. The summed E-state index contributed by atoms with van der Waals surface area (Å²) in [5.74, 6) is -1.03. The smallest absolute Gasteiger partial charge is 0.306 e. The van der Waals surface area contributed by atoms with Gasteiger partial charge in [0.05, 0.1) is 11.6 Å². The Balaban J connectivity index is 1.78. The molecule has 0 spiro atoms. The van der Waals surface area contributed by atoms with Gasteiger partial charge in [-0.3, -0.25) is 4.79 Å². The van der Waals surface area contributed by atoms with Gasteiger partial charge in [0, 0.05) is 4.88 Å². The number of aliphatic carboxylic acids is 1. The van der Waals surface area contributed by atoms with Gasteiger partial charge in [0.1, 0.15) is 10.6 Å². The maximum Gasteiger partial charge on any atom is 0.306 e. The maximum atomic E-state index is 11.0. The van der Waals surface area contributed by atoms with Crippen LogP contribution < -0.4 is 0 Å². The quantitative estimate of drug-likeness (QED) is 0.873. The molecule has 1 aromatic rings. The number of fused-ring (bicyclic) bond motifs is 1. The van der Waals surface area contributed by atoms with Crippen molar-refractivity contribution in [2.45, 2.75) is 57.0 Å². The Morgan fingerprint density at radius 1 is 1.26 bits per heavy atom. The minimum atomic E-state index is -0.881. The lowest BCUT2D eigenvalue weighted by molar-refractivity contribution is -0.145. The van der Waals surface area contributed by atoms with E-state index in [2.05, 4.69) is 4.98 Å². The topological polar surface area (TPSA) is 70.4 Å². The van der Waals surface area contributed by atoms with E-state index in [0.717, 1.165) is 17.8 Å². The number of aromatic nitrogens is 1. The number of hydrogen-bond donors (Lipinski definition) is 2. The fraction of sp³-hybridized carbons (Fsp3) is 0.714. The summed E-state index contributed by atoms with van der Waals surface area (Å²) < 4.78 is 0. The third-order valence-electron chi connectivity index (χ3n) is 4.41. The van der Waals surface area contributed by atoms with Crippen LogP contribution in [0.5, 0.6) is 0 Å². The van der Waals surface area contributed by atoms with E-state index in [4.69, 9.17) is 5.11 Å². The molecule has 4 nitrogen and oxygen atoms in total. The van der Waals surface area contributed by atoms with Gasteiger partial charge in [0.25, 0.3) is 0 Å². The largest absolute Gasteiger partial charge is 0.481 e. The fourth-order valence-electron chi connectivity index (χ4n) is 3.11. The first-order valence-electron chi connectivity index (χ1n) is 7.03. The number of aliphatic hydroxyl groups is 1. The van der Waals surface area contributed by atoms with E-state index >= 15 is 0 Å². The van der Waals surface area contributed by atoms with Crippen LogP contribution in [0.15, 0.2) is 0 Å². The van der Waals surface area contributed by atoms with Gasteiger partial charge in [-0.2, -0.15) is 0 Å². The van der Waals surface area contributed by atoms with Crippen LogP contribution in [0.1, 0.15) is 54.1 Å². The van der Waals surface area contributed by atoms with Gasteiger partial charge in [0.2, 0.25) is 0 Å². The first-order valence-corrected chi connectivity index (χ1v) is 7.84. The first-order chi connectivity index (χ1) is 9.08. The van der Waals surface area contributed by atoms with Gasteiger partial charge >= 0.3 is 5.97 Å². The second kappa shape index (κ2) is 4.87. The molecule has 0 bridgehead atoms. The molecule has 0 aromatic carbocycles. The number of hydrogen-bond acceptors (Lipinski definition) is 4. The molecule has 0 unspecified atom stereocenters. The van der Waals surface area contributed by atoms with Crippen LogP contribution in [0.4, 0.5) is 0 Å². The van der Waals surface area contributed by atoms with Crippen LogP contribution in [0, 0.1) is 5.92 Å². The van der Waals surface area contributed by atoms with Gasteiger partial charge in [-0.25, -0.2) is 4.98 Å². The number of aryl methyl sites for hydroxylation is 2. The lowest BCUT2D eigenvalue weighted by Crippen LogP contribution is -2.33. The molecule has 5 heteroatoms. The Hall–Kier alpha value is -0.940. The van der Waals surface area contributed by atoms with E-state index in [9.17, 15) is 9.90 Å². The summed E-state index contributed by atoms with van der Waals surface area (Å²) in [6, 6.07) is 0. The highest BCUT2D eigenvalue weighted by atomic mass is 32.1. The van der Waals surface area contributed by atoms with Crippen LogP contribution in [0.25, 0.3) is 0 Å². The molecule has 2 aliphatic rings. The van der Waals surface area contributed by atoms with Crippen LogP contribution in [0.2, 0.25) is 0 Å². The van der Waals surface area contributed by atoms with E-state index in [0.29, 0.717) is 25.7 Å². The molecule has 3 rings (SSSR count). The molecule has 19 heavy (non-hydrogen) atoms. The van der Waals surface area contributed by atoms with E-state index < -0.39 is 11.6 Å². The standard InChI is InChI=1S/C14H19NO3S/c16-12(17)9-5-7-14(18,8-6-9)13-15-10-3-1-2-4-11(10)19-13/h9,18H,1-8H2,(H,16,17). The SMILES string of the molecule is O=C(O)C1CCC(O)(c2nc3c(s2)CCCC3)CC1. The lowest BCUT2D eigenvalue weighted by atomic mass is 9.79. The van der Waals surface area contributed by atoms with Crippen LogP contribution in [-0.4, -0.2) is 21.2 Å². The second-order valence-electron chi connectivity index (χ2n) is 5.74. The summed E-state index contributed by atoms with van der Waals surface area (Å²) in [5.41, 5.74) is 0.286. The van der Waals surface area contributed by atoms with Crippen LogP contribution in [-0.2, 0) is 23.2 Å². The number of thiazole rings is 1. The highest BCUT2D eigenvalue weighted by Gasteiger charge is 2.40. The summed E-state index contributed by atoms with van der Waals surface area (Å²) >= 11 is 1.64. The van der Waals surface area contributed by atoms with Gasteiger partial charge in [-0.1, -0.05) is 0 Å². The zero-order valence-corrected chi connectivity index (χ0v) is 11.7. The molecule has 2 aliphatic carbocycles. The fourth-order valence-corrected chi connectivity index (χ4v) is 4.40. The van der Waals surface area contributed by atoms with Crippen molar-refractivity contribution < 1.29 is 15.0 Å². The zero-order valence-electron chi connectivity index (χ0n) is 10.9. The third kappa shape index (κ3) is 2.41. The molecule has 0 atom stereocenters. The van der Waals surface area contributed by atoms with E-state index in [1.54, 1.807) is 11.3 Å². The molecule has 104 valence electrons. The van der Waals surface area contributed by atoms with E-state index in [-0.39, 0.29) is 5.92 Å². The van der Waals surface area contributed by atoms with Crippen molar-refractivity contribution in [3.05, 3.63) is 15.6 Å². The Kier molecular flexibility index (Phi) is 3.35. The van der Waals surface area contributed by atoms with E-state index in [1.807, 2.05) is 0 Å². The molecule has 1 saturated carbocycles. The minimum Gasteiger partial charge on any atom is -0.481 e. The van der Waals surface area contributed by atoms with E-state index in [1.165, 1.54) is 23.4 Å². The average molecular weight is 281 g/mol. The summed E-state index contributed by atoms with van der Waals surface area (Å²) in [5, 5.41) is 20.6. The number of nitrogens with zero attached hydrogens (tertiary/aromatic N) is 1. The maximum absolute atomic E-state index is 11.0. The Bertz CT molecular complexity index is 465. The van der Waals surface area contributed by atoms with Crippen molar-refractivity contribution in [1.29, 1.82) is 0 Å². The lowest BCUT2D eigenvalue weighted by Gasteiger charge is -2.32. The highest BCUT2D eigenvalue weighted by molar-refractivity contribution is 7.11. The molecule has 0 amide bonds. The Morgan fingerprint density at radius 2 is 1.95 bits per heavy atom. The normalized spacial score (nSPS) is 30.9. The monoisotopic (exact) mass is 281 g/mol. The molecule has 1 aromatic heterocycles. The molecule has 0 aliphatic heterocycles. The van der Waals surface area contributed by atoms with Crippen LogP contribution in [0.3, 0.4) is 0 Å². The predicted octanol–water partition coefficient (Wildman–Crippen LogP) is 2.48. The van der Waals surface area contributed by atoms with Crippen molar-refractivity contribution in [3.63, 3.8) is 0 Å². The minimum absolute atomic E-state index is 0.296. The van der Waals surface area contributed by atoms with Gasteiger partial charge < -0.3 is 10.2 Å². The first kappa shape index (κ1) is 13.1.